The third kappa shape index (κ3) is 11.7. The van der Waals surface area contributed by atoms with Crippen LogP contribution in [-0.4, -0.2) is 65.6 Å². The van der Waals surface area contributed by atoms with Gasteiger partial charge in [0.25, 0.3) is 0 Å². The smallest absolute Gasteiger partial charge is 0.221 e. The Morgan fingerprint density at radius 1 is 0.611 bits per heavy atom. The Balaban J connectivity index is -0.0000000980. The first kappa shape index (κ1) is 27.0. The van der Waals surface area contributed by atoms with Crippen LogP contribution in [-0.2, 0) is 20.0 Å². The molecular weight excluding hydrogens is 308 g/mol. The summed E-state index contributed by atoms with van der Waals surface area (Å²) in [4.78, 5) is 0. The molecule has 0 bridgehead atoms. The second-order valence-electron chi connectivity index (χ2n) is 1.98. The zero-order valence-corrected chi connectivity index (χ0v) is 10.5. The van der Waals surface area contributed by atoms with E-state index in [0.717, 1.165) is 0 Å². The molecule has 6 nitrogen and oxygen atoms in total. The molecule has 2 radical (unpaired) electrons. The molecule has 4 N–H and O–H groups in total. The van der Waals surface area contributed by atoms with Gasteiger partial charge >= 0.3 is 31.1 Å². The first-order valence-corrected chi connectivity index (χ1v) is 5.77. The molecule has 0 aromatic carbocycles. The number of primary sulfonamides is 2. The number of hydrogen-bond donors (Lipinski definition) is 2. The van der Waals surface area contributed by atoms with Crippen molar-refractivity contribution in [2.24, 2.45) is 10.3 Å². The van der Waals surface area contributed by atoms with Gasteiger partial charge in [-0.25, -0.2) is 27.1 Å². The summed E-state index contributed by atoms with van der Waals surface area (Å²) in [5.74, 6) is 0. The predicted molar refractivity (Wildman–Crippen MR) is 49.8 cm³/mol. The van der Waals surface area contributed by atoms with E-state index in [1.807, 2.05) is 0 Å². The van der Waals surface area contributed by atoms with Crippen LogP contribution in [0.2, 0.25) is 0 Å². The zero-order chi connectivity index (χ0) is 14.0. The van der Waals surface area contributed by atoms with Gasteiger partial charge in [0.2, 0.25) is 0 Å². The standard InChI is InChI=1S/2CH2F3NO2S.2Li/c2*2-1(3,4)8(5,6)7;;/h2*(H2,5,6,7);;. The van der Waals surface area contributed by atoms with Crippen LogP contribution in [0.4, 0.5) is 26.3 Å². The van der Waals surface area contributed by atoms with Gasteiger partial charge in [-0.3, -0.25) is 0 Å². The van der Waals surface area contributed by atoms with Crippen molar-refractivity contribution in [3.63, 3.8) is 0 Å². The van der Waals surface area contributed by atoms with E-state index in [-0.39, 0.29) is 37.7 Å². The van der Waals surface area contributed by atoms with Crippen molar-refractivity contribution < 1.29 is 43.2 Å². The van der Waals surface area contributed by atoms with Gasteiger partial charge in [-0.1, -0.05) is 0 Å². The molecule has 0 heterocycles. The second kappa shape index (κ2) is 8.01. The summed E-state index contributed by atoms with van der Waals surface area (Å²) in [5.41, 5.74) is -10.6. The van der Waals surface area contributed by atoms with Gasteiger partial charge in [0.05, 0.1) is 0 Å². The van der Waals surface area contributed by atoms with Crippen LogP contribution in [0.5, 0.6) is 0 Å². The van der Waals surface area contributed by atoms with E-state index in [1.54, 1.807) is 0 Å². The Labute approximate surface area is 122 Å². The molecule has 0 fully saturated rings. The number of hydrogen-bond acceptors (Lipinski definition) is 4. The van der Waals surface area contributed by atoms with Crippen LogP contribution in [0.25, 0.3) is 0 Å². The number of rotatable bonds is 0. The minimum atomic E-state index is -5.34. The molecule has 16 heteroatoms. The number of alkyl halides is 6. The molecule has 0 aliphatic rings. The average Bonchev–Trinajstić information content (AvgIpc) is 1.77. The van der Waals surface area contributed by atoms with E-state index in [9.17, 15) is 43.2 Å². The summed E-state index contributed by atoms with van der Waals surface area (Å²) in [5, 5.41) is 7.32. The molecule has 0 saturated heterocycles. The quantitative estimate of drug-likeness (QED) is 0.432. The Morgan fingerprint density at radius 3 is 0.667 bits per heavy atom. The van der Waals surface area contributed by atoms with E-state index in [1.165, 1.54) is 0 Å². The minimum Gasteiger partial charge on any atom is -0.221 e. The van der Waals surface area contributed by atoms with Crippen molar-refractivity contribution in [2.45, 2.75) is 11.0 Å². The maximum atomic E-state index is 10.8. The Morgan fingerprint density at radius 2 is 0.667 bits per heavy atom. The van der Waals surface area contributed by atoms with Gasteiger partial charge in [-0.15, -0.1) is 0 Å². The average molecular weight is 312 g/mol. The van der Waals surface area contributed by atoms with Crippen LogP contribution >= 0.6 is 0 Å². The number of sulfonamides is 2. The summed E-state index contributed by atoms with van der Waals surface area (Å²) in [6.07, 6.45) is 0. The van der Waals surface area contributed by atoms with Gasteiger partial charge in [0.15, 0.2) is 0 Å². The fourth-order valence-electron chi connectivity index (χ4n) is 0. The minimum absolute atomic E-state index is 0. The van der Waals surface area contributed by atoms with E-state index in [2.05, 4.69) is 10.3 Å². The summed E-state index contributed by atoms with van der Waals surface area (Å²) in [6, 6.07) is 0. The zero-order valence-electron chi connectivity index (χ0n) is 8.87. The number of halogens is 6. The van der Waals surface area contributed by atoms with Crippen molar-refractivity contribution >= 4 is 57.8 Å². The van der Waals surface area contributed by atoms with Crippen LogP contribution in [0.15, 0.2) is 0 Å². The molecular formula is C2H4F6Li2N2O4S2. The van der Waals surface area contributed by atoms with E-state index < -0.39 is 31.1 Å². The normalized spacial score (nSPS) is 12.4. The van der Waals surface area contributed by atoms with Crippen molar-refractivity contribution in [1.82, 2.24) is 0 Å². The van der Waals surface area contributed by atoms with Crippen molar-refractivity contribution in [3.8, 4) is 0 Å². The van der Waals surface area contributed by atoms with Gasteiger partial charge in [-0.2, -0.15) is 26.3 Å². The van der Waals surface area contributed by atoms with Crippen LogP contribution in [0, 0.1) is 0 Å². The molecule has 0 atom stereocenters. The van der Waals surface area contributed by atoms with Gasteiger partial charge in [0, 0.05) is 37.7 Å². The first-order valence-electron chi connectivity index (χ1n) is 2.68. The largest absolute Gasteiger partial charge is 0.511 e. The van der Waals surface area contributed by atoms with Crippen molar-refractivity contribution in [3.05, 3.63) is 0 Å². The monoisotopic (exact) mass is 312 g/mol. The molecule has 0 aliphatic heterocycles. The van der Waals surface area contributed by atoms with Crippen molar-refractivity contribution in [2.75, 3.05) is 0 Å². The summed E-state index contributed by atoms with van der Waals surface area (Å²) in [6.45, 7) is 0. The molecule has 0 spiro atoms. The summed E-state index contributed by atoms with van der Waals surface area (Å²) in [7, 11) is -10.7. The van der Waals surface area contributed by atoms with Crippen LogP contribution in [0.1, 0.15) is 0 Å². The summed E-state index contributed by atoms with van der Waals surface area (Å²) >= 11 is 0. The number of nitrogens with two attached hydrogens (primary N) is 2. The van der Waals surface area contributed by atoms with E-state index >= 15 is 0 Å². The van der Waals surface area contributed by atoms with Gasteiger partial charge < -0.3 is 0 Å². The first-order chi connectivity index (χ1) is 6.50. The summed E-state index contributed by atoms with van der Waals surface area (Å²) < 4.78 is 102. The SMILES string of the molecule is NS(=O)(=O)C(F)(F)F.NS(=O)(=O)C(F)(F)F.[Li].[Li]. The topological polar surface area (TPSA) is 120 Å². The van der Waals surface area contributed by atoms with E-state index in [4.69, 9.17) is 0 Å². The van der Waals surface area contributed by atoms with Gasteiger partial charge in [-0.05, 0) is 0 Å². The fourth-order valence-corrected chi connectivity index (χ4v) is 0. The molecule has 0 saturated carbocycles. The fraction of sp³-hybridized carbons (Fsp3) is 1.00. The Bertz CT molecular complexity index is 383. The predicted octanol–water partition coefficient (Wildman–Crippen LogP) is -1.17. The molecule has 0 amide bonds. The maximum Gasteiger partial charge on any atom is 0.511 e. The molecule has 0 rings (SSSR count). The third-order valence-corrected chi connectivity index (χ3v) is 1.94. The maximum absolute atomic E-state index is 10.8. The molecule has 0 aromatic heterocycles. The van der Waals surface area contributed by atoms with Crippen LogP contribution in [0.3, 0.4) is 0 Å². The second-order valence-corrected chi connectivity index (χ2v) is 5.09. The van der Waals surface area contributed by atoms with Crippen molar-refractivity contribution in [1.29, 1.82) is 0 Å². The van der Waals surface area contributed by atoms with E-state index in [0.29, 0.717) is 0 Å². The molecule has 0 aliphatic carbocycles. The molecule has 102 valence electrons. The Kier molecular flexibility index (Phi) is 12.0. The van der Waals surface area contributed by atoms with Crippen LogP contribution < -0.4 is 10.3 Å². The molecule has 0 unspecified atom stereocenters. The third-order valence-electron chi connectivity index (χ3n) is 0.645. The van der Waals surface area contributed by atoms with Gasteiger partial charge in [0.1, 0.15) is 0 Å². The molecule has 0 aromatic rings. The Hall–Kier alpha value is 0.595. The molecule has 18 heavy (non-hydrogen) atoms.